The minimum atomic E-state index is -0.0144. The third-order valence-corrected chi connectivity index (χ3v) is 1.90. The zero-order chi connectivity index (χ0) is 11.1. The van der Waals surface area contributed by atoms with Crippen LogP contribution in [0.4, 0.5) is 0 Å². The van der Waals surface area contributed by atoms with Crippen molar-refractivity contribution in [1.82, 2.24) is 10.3 Å². The second-order valence-electron chi connectivity index (χ2n) is 2.87. The largest absolute Gasteiger partial charge is 0.491 e. The van der Waals surface area contributed by atoms with E-state index in [-0.39, 0.29) is 5.91 Å². The first-order valence-corrected chi connectivity index (χ1v) is 5.11. The van der Waals surface area contributed by atoms with Crippen LogP contribution in [-0.2, 0) is 4.79 Å². The molecule has 1 N–H and O–H groups in total. The number of halogens is 1. The van der Waals surface area contributed by atoms with Crippen molar-refractivity contribution in [2.75, 3.05) is 13.2 Å². The molecule has 1 amide bonds. The lowest BCUT2D eigenvalue weighted by molar-refractivity contribution is -0.121. The minimum Gasteiger partial charge on any atom is -0.491 e. The summed E-state index contributed by atoms with van der Waals surface area (Å²) in [6.45, 7) is 2.86. The first kappa shape index (κ1) is 11.8. The Morgan fingerprint density at radius 2 is 2.40 bits per heavy atom. The van der Waals surface area contributed by atoms with Gasteiger partial charge in [-0.2, -0.15) is 0 Å². The van der Waals surface area contributed by atoms with Crippen LogP contribution in [0.15, 0.2) is 18.3 Å². The molecule has 0 aromatic carbocycles. The summed E-state index contributed by atoms with van der Waals surface area (Å²) in [7, 11) is 0. The summed E-state index contributed by atoms with van der Waals surface area (Å²) in [4.78, 5) is 14.9. The molecule has 0 aliphatic heterocycles. The Balaban J connectivity index is 2.26. The monoisotopic (exact) mass is 228 g/mol. The molecule has 0 aliphatic carbocycles. The average molecular weight is 229 g/mol. The van der Waals surface area contributed by atoms with Crippen LogP contribution in [0.2, 0.25) is 5.15 Å². The highest BCUT2D eigenvalue weighted by atomic mass is 35.5. The molecule has 0 atom stereocenters. The Hall–Kier alpha value is -1.29. The zero-order valence-electron chi connectivity index (χ0n) is 8.50. The maximum absolute atomic E-state index is 11.1. The number of hydrogen-bond acceptors (Lipinski definition) is 3. The fourth-order valence-electron chi connectivity index (χ4n) is 0.995. The van der Waals surface area contributed by atoms with Crippen molar-refractivity contribution in [3.05, 3.63) is 23.5 Å². The Kier molecular flexibility index (Phi) is 4.90. The van der Waals surface area contributed by atoms with Crippen molar-refractivity contribution in [3.63, 3.8) is 0 Å². The Labute approximate surface area is 93.6 Å². The van der Waals surface area contributed by atoms with E-state index in [2.05, 4.69) is 10.3 Å². The molecule has 0 radical (unpaired) electrons. The number of amides is 1. The summed E-state index contributed by atoms with van der Waals surface area (Å²) in [5.41, 5.74) is 0. The number of hydrogen-bond donors (Lipinski definition) is 1. The fraction of sp³-hybridized carbons (Fsp3) is 0.400. The number of nitrogens with zero attached hydrogens (tertiary/aromatic N) is 1. The summed E-state index contributed by atoms with van der Waals surface area (Å²) in [5.74, 6) is 0.600. The summed E-state index contributed by atoms with van der Waals surface area (Å²) >= 11 is 5.61. The maximum atomic E-state index is 11.1. The van der Waals surface area contributed by atoms with Crippen molar-refractivity contribution >= 4 is 17.5 Å². The van der Waals surface area contributed by atoms with Gasteiger partial charge in [0.2, 0.25) is 5.91 Å². The van der Waals surface area contributed by atoms with Crippen LogP contribution in [0, 0.1) is 0 Å². The van der Waals surface area contributed by atoms with Crippen LogP contribution < -0.4 is 10.1 Å². The molecule has 1 rings (SSSR count). The molecule has 0 saturated carbocycles. The third-order valence-electron chi connectivity index (χ3n) is 1.67. The molecule has 0 aliphatic rings. The van der Waals surface area contributed by atoms with Gasteiger partial charge in [0.15, 0.2) is 0 Å². The summed E-state index contributed by atoms with van der Waals surface area (Å²) < 4.78 is 5.30. The van der Waals surface area contributed by atoms with E-state index < -0.39 is 0 Å². The van der Waals surface area contributed by atoms with Gasteiger partial charge in [0.1, 0.15) is 10.9 Å². The van der Waals surface area contributed by atoms with Crippen LogP contribution in [0.1, 0.15) is 13.3 Å². The minimum absolute atomic E-state index is 0.0144. The highest BCUT2D eigenvalue weighted by molar-refractivity contribution is 6.29. The van der Waals surface area contributed by atoms with Crippen LogP contribution >= 0.6 is 11.6 Å². The lowest BCUT2D eigenvalue weighted by Gasteiger charge is -2.05. The zero-order valence-corrected chi connectivity index (χ0v) is 9.25. The van der Waals surface area contributed by atoms with Crippen LogP contribution in [0.25, 0.3) is 0 Å². The molecule has 1 aromatic heterocycles. The molecule has 82 valence electrons. The van der Waals surface area contributed by atoms with E-state index in [9.17, 15) is 4.79 Å². The van der Waals surface area contributed by atoms with Gasteiger partial charge >= 0.3 is 0 Å². The highest BCUT2D eigenvalue weighted by Gasteiger charge is 2.00. The number of carbonyl (C=O) groups excluding carboxylic acids is 1. The van der Waals surface area contributed by atoms with Gasteiger partial charge in [-0.25, -0.2) is 4.98 Å². The number of ether oxygens (including phenoxy) is 1. The normalized spacial score (nSPS) is 9.73. The smallest absolute Gasteiger partial charge is 0.223 e. The molecule has 0 bridgehead atoms. The molecule has 5 heteroatoms. The van der Waals surface area contributed by atoms with Crippen LogP contribution in [0.3, 0.4) is 0 Å². The number of rotatable bonds is 5. The fourth-order valence-corrected chi connectivity index (χ4v) is 1.11. The van der Waals surface area contributed by atoms with Gasteiger partial charge in [0, 0.05) is 6.54 Å². The number of aromatic nitrogens is 1. The van der Waals surface area contributed by atoms with Crippen LogP contribution in [-0.4, -0.2) is 24.0 Å². The molecular weight excluding hydrogens is 216 g/mol. The van der Waals surface area contributed by atoms with Gasteiger partial charge in [-0.1, -0.05) is 11.6 Å². The van der Waals surface area contributed by atoms with Crippen molar-refractivity contribution in [3.8, 4) is 5.75 Å². The Morgan fingerprint density at radius 3 is 3.00 bits per heavy atom. The lowest BCUT2D eigenvalue weighted by Crippen LogP contribution is -2.24. The molecule has 0 unspecified atom stereocenters. The highest BCUT2D eigenvalue weighted by Crippen LogP contribution is 2.11. The first-order chi connectivity index (χ1) is 7.22. The predicted octanol–water partition coefficient (Wildman–Crippen LogP) is 1.64. The van der Waals surface area contributed by atoms with Gasteiger partial charge in [0.05, 0.1) is 19.2 Å². The van der Waals surface area contributed by atoms with Crippen molar-refractivity contribution < 1.29 is 9.53 Å². The molecule has 1 aromatic rings. The van der Waals surface area contributed by atoms with E-state index in [1.165, 1.54) is 6.20 Å². The molecule has 1 heterocycles. The predicted molar refractivity (Wildman–Crippen MR) is 58.0 cm³/mol. The van der Waals surface area contributed by atoms with Gasteiger partial charge in [0.25, 0.3) is 0 Å². The third kappa shape index (κ3) is 4.65. The van der Waals surface area contributed by atoms with Crippen molar-refractivity contribution in [2.45, 2.75) is 13.3 Å². The van der Waals surface area contributed by atoms with Gasteiger partial charge in [-0.15, -0.1) is 0 Å². The van der Waals surface area contributed by atoms with Crippen LogP contribution in [0.5, 0.6) is 5.75 Å². The number of pyridine rings is 1. The lowest BCUT2D eigenvalue weighted by atomic mass is 10.4. The van der Waals surface area contributed by atoms with E-state index in [0.717, 1.165) is 0 Å². The summed E-state index contributed by atoms with van der Waals surface area (Å²) in [6.07, 6.45) is 1.87. The second kappa shape index (κ2) is 6.24. The molecule has 4 nitrogen and oxygen atoms in total. The molecule has 0 spiro atoms. The number of carbonyl (C=O) groups is 1. The van der Waals surface area contributed by atoms with Gasteiger partial charge in [-0.3, -0.25) is 4.79 Å². The second-order valence-corrected chi connectivity index (χ2v) is 3.26. The van der Waals surface area contributed by atoms with Gasteiger partial charge < -0.3 is 10.1 Å². The molecular formula is C10H13ClN2O2. The Bertz CT molecular complexity index is 314. The standard InChI is InChI=1S/C10H13ClN2O2/c1-2-12-10(14)5-6-15-8-3-4-9(11)13-7-8/h3-4,7H,2,5-6H2,1H3,(H,12,14). The molecule has 0 fully saturated rings. The molecule has 0 saturated heterocycles. The average Bonchev–Trinajstić information content (AvgIpc) is 2.21. The maximum Gasteiger partial charge on any atom is 0.223 e. The Morgan fingerprint density at radius 1 is 1.60 bits per heavy atom. The summed E-state index contributed by atoms with van der Waals surface area (Å²) in [6, 6.07) is 3.36. The van der Waals surface area contributed by atoms with E-state index in [0.29, 0.717) is 30.5 Å². The topological polar surface area (TPSA) is 51.2 Å². The SMILES string of the molecule is CCNC(=O)CCOc1ccc(Cl)nc1. The first-order valence-electron chi connectivity index (χ1n) is 4.73. The van der Waals surface area contributed by atoms with E-state index in [4.69, 9.17) is 16.3 Å². The van der Waals surface area contributed by atoms with E-state index in [1.807, 2.05) is 6.92 Å². The quantitative estimate of drug-likeness (QED) is 0.780. The number of nitrogens with one attached hydrogen (secondary N) is 1. The van der Waals surface area contributed by atoms with Crippen molar-refractivity contribution in [2.24, 2.45) is 0 Å². The molecule has 15 heavy (non-hydrogen) atoms. The van der Waals surface area contributed by atoms with E-state index in [1.54, 1.807) is 12.1 Å². The van der Waals surface area contributed by atoms with Gasteiger partial charge in [-0.05, 0) is 19.1 Å². The van der Waals surface area contributed by atoms with Crippen molar-refractivity contribution in [1.29, 1.82) is 0 Å². The van der Waals surface area contributed by atoms with E-state index >= 15 is 0 Å². The summed E-state index contributed by atoms with van der Waals surface area (Å²) in [5, 5.41) is 3.11.